The average Bonchev–Trinajstić information content (AvgIpc) is 0.901. The van der Waals surface area contributed by atoms with Crippen molar-refractivity contribution in [2.45, 2.75) is 497 Å². The second-order valence-electron chi connectivity index (χ2n) is 33.5. The van der Waals surface area contributed by atoms with Crippen LogP contribution in [0.2, 0.25) is 0 Å². The molecule has 0 rings (SSSR count). The van der Waals surface area contributed by atoms with Crippen molar-refractivity contribution in [2.75, 3.05) is 39.6 Å². The monoisotopic (exact) mass is 1590 g/mol. The van der Waals surface area contributed by atoms with E-state index in [0.717, 1.165) is 108 Å². The van der Waals surface area contributed by atoms with Gasteiger partial charge in [0.1, 0.15) is 19.3 Å². The number of unbranched alkanes of at least 4 members (excludes halogenated alkanes) is 55. The number of hydrogen-bond acceptors (Lipinski definition) is 15. The Kier molecular flexibility index (Phi) is 78.5. The van der Waals surface area contributed by atoms with Gasteiger partial charge in [-0.3, -0.25) is 37.3 Å². The van der Waals surface area contributed by atoms with Crippen LogP contribution in [-0.2, 0) is 65.4 Å². The Labute approximate surface area is 670 Å². The van der Waals surface area contributed by atoms with Gasteiger partial charge in [-0.15, -0.1) is 0 Å². The van der Waals surface area contributed by atoms with Crippen LogP contribution in [0.3, 0.4) is 0 Å². The fraction of sp³-hybridized carbons (Fsp3) is 0.956. The highest BCUT2D eigenvalue weighted by molar-refractivity contribution is 7.47. The van der Waals surface area contributed by atoms with Gasteiger partial charge in [0.25, 0.3) is 0 Å². The topological polar surface area (TPSA) is 237 Å². The molecule has 6 atom stereocenters. The first kappa shape index (κ1) is 107. The number of rotatable bonds is 88. The Hall–Kier alpha value is -1.94. The number of phosphoric acid groups is 2. The maximum absolute atomic E-state index is 13.2. The molecule has 0 bridgehead atoms. The standard InChI is InChI=1S/C90H176O17P2/c1-8-10-11-12-13-14-15-16-17-18-19-20-21-22-26-29-32-38-43-50-57-64-71-87(92)100-77-85(106-89(94)73-66-59-51-44-39-33-30-27-24-23-25-28-31-37-42-49-56-63-70-83(7)9-2)79-104-108(96,97)102-75-84(91)76-103-109(98,99)105-80-86(78-101-88(93)72-65-58-53-46-48-55-62-69-82(5)6)107-90(95)74-67-60-52-45-40-35-34-36-41-47-54-61-68-81(3)4/h81-86,91H,8-80H2,1-7H3,(H,96,97)(H,98,99)/t83?,84-,85-,86-/m1/s1. The van der Waals surface area contributed by atoms with Gasteiger partial charge in [0.2, 0.25) is 0 Å². The zero-order valence-electron chi connectivity index (χ0n) is 72.0. The van der Waals surface area contributed by atoms with E-state index in [9.17, 15) is 43.2 Å². The smallest absolute Gasteiger partial charge is 0.462 e. The lowest BCUT2D eigenvalue weighted by atomic mass is 9.99. The quantitative estimate of drug-likeness (QED) is 0.0222. The summed E-state index contributed by atoms with van der Waals surface area (Å²) in [4.78, 5) is 73.3. The van der Waals surface area contributed by atoms with Gasteiger partial charge in [-0.05, 0) is 43.4 Å². The maximum Gasteiger partial charge on any atom is 0.472 e. The van der Waals surface area contributed by atoms with E-state index in [0.29, 0.717) is 31.6 Å². The van der Waals surface area contributed by atoms with Gasteiger partial charge in [-0.2, -0.15) is 0 Å². The molecule has 3 unspecified atom stereocenters. The predicted molar refractivity (Wildman–Crippen MR) is 451 cm³/mol. The van der Waals surface area contributed by atoms with E-state index in [1.807, 2.05) is 0 Å². The molecule has 0 radical (unpaired) electrons. The van der Waals surface area contributed by atoms with Crippen molar-refractivity contribution in [3.05, 3.63) is 0 Å². The molecule has 0 amide bonds. The lowest BCUT2D eigenvalue weighted by molar-refractivity contribution is -0.161. The molecule has 0 saturated carbocycles. The number of aliphatic hydroxyl groups is 1. The molecular weight excluding hydrogens is 1410 g/mol. The van der Waals surface area contributed by atoms with E-state index in [-0.39, 0.29) is 25.7 Å². The zero-order chi connectivity index (χ0) is 80.0. The fourth-order valence-electron chi connectivity index (χ4n) is 14.0. The van der Waals surface area contributed by atoms with E-state index in [1.54, 1.807) is 0 Å². The van der Waals surface area contributed by atoms with Crippen LogP contribution in [0.1, 0.15) is 479 Å². The van der Waals surface area contributed by atoms with Crippen LogP contribution in [0, 0.1) is 17.8 Å². The Morgan fingerprint density at radius 3 is 0.697 bits per heavy atom. The van der Waals surface area contributed by atoms with Crippen LogP contribution < -0.4 is 0 Å². The third-order valence-corrected chi connectivity index (χ3v) is 23.4. The Bertz CT molecular complexity index is 2100. The van der Waals surface area contributed by atoms with E-state index in [1.165, 1.54) is 283 Å². The second-order valence-corrected chi connectivity index (χ2v) is 36.4. The molecule has 0 saturated heterocycles. The van der Waals surface area contributed by atoms with Crippen LogP contribution in [0.5, 0.6) is 0 Å². The summed E-state index contributed by atoms with van der Waals surface area (Å²) in [5.41, 5.74) is 0. The summed E-state index contributed by atoms with van der Waals surface area (Å²) in [6.07, 6.45) is 72.5. The molecule has 109 heavy (non-hydrogen) atoms. The van der Waals surface area contributed by atoms with Gasteiger partial charge in [0.05, 0.1) is 26.4 Å². The Balaban J connectivity index is 5.21. The first-order valence-electron chi connectivity index (χ1n) is 46.4. The number of hydrogen-bond donors (Lipinski definition) is 3. The second kappa shape index (κ2) is 79.9. The van der Waals surface area contributed by atoms with E-state index in [2.05, 4.69) is 48.5 Å². The molecule has 648 valence electrons. The summed E-state index contributed by atoms with van der Waals surface area (Å²) in [6.45, 7) is 12.0. The summed E-state index contributed by atoms with van der Waals surface area (Å²) in [5.74, 6) is 0.249. The highest BCUT2D eigenvalue weighted by Crippen LogP contribution is 2.45. The third-order valence-electron chi connectivity index (χ3n) is 21.5. The molecule has 0 aliphatic rings. The largest absolute Gasteiger partial charge is 0.472 e. The molecule has 0 aliphatic heterocycles. The number of carbonyl (C=O) groups excluding carboxylic acids is 4. The van der Waals surface area contributed by atoms with Gasteiger partial charge in [-0.25, -0.2) is 9.13 Å². The molecule has 0 heterocycles. The molecule has 3 N–H and O–H groups in total. The Morgan fingerprint density at radius 2 is 0.468 bits per heavy atom. The first-order chi connectivity index (χ1) is 52.8. The highest BCUT2D eigenvalue weighted by atomic mass is 31.2. The van der Waals surface area contributed by atoms with Crippen LogP contribution in [0.15, 0.2) is 0 Å². The fourth-order valence-corrected chi connectivity index (χ4v) is 15.6. The van der Waals surface area contributed by atoms with Crippen LogP contribution in [-0.4, -0.2) is 96.7 Å². The minimum absolute atomic E-state index is 0.106. The summed E-state index contributed by atoms with van der Waals surface area (Å²) in [7, 11) is -9.93. The first-order valence-corrected chi connectivity index (χ1v) is 49.4. The maximum atomic E-state index is 13.2. The van der Waals surface area contributed by atoms with Crippen molar-refractivity contribution in [1.29, 1.82) is 0 Å². The van der Waals surface area contributed by atoms with Crippen molar-refractivity contribution in [1.82, 2.24) is 0 Å². The van der Waals surface area contributed by atoms with Crippen LogP contribution in [0.25, 0.3) is 0 Å². The molecule has 0 aromatic rings. The zero-order valence-corrected chi connectivity index (χ0v) is 73.8. The number of esters is 4. The highest BCUT2D eigenvalue weighted by Gasteiger charge is 2.31. The molecule has 17 nitrogen and oxygen atoms in total. The molecule has 0 aliphatic carbocycles. The number of carbonyl (C=O) groups is 4. The molecule has 19 heteroatoms. The van der Waals surface area contributed by atoms with Gasteiger partial charge in [0.15, 0.2) is 12.2 Å². The minimum Gasteiger partial charge on any atom is -0.462 e. The summed E-state index contributed by atoms with van der Waals surface area (Å²) >= 11 is 0. The SMILES string of the molecule is CCCCCCCCCCCCCCCCCCCCCCCCC(=O)OC[C@H](COP(=O)(O)OC[C@@H](O)COP(=O)(O)OC[C@@H](COC(=O)CCCCCCCCCC(C)C)OC(=O)CCCCCCCCCCCCCCC(C)C)OC(=O)CCCCCCCCCCCCCCCCCCCCC(C)CC. The number of ether oxygens (including phenoxy) is 4. The van der Waals surface area contributed by atoms with Crippen LogP contribution >= 0.6 is 15.6 Å². The number of aliphatic hydroxyl groups excluding tert-OH is 1. The molecule has 0 spiro atoms. The third kappa shape index (κ3) is 82.4. The molecule has 0 aromatic carbocycles. The van der Waals surface area contributed by atoms with Gasteiger partial charge >= 0.3 is 39.5 Å². The van der Waals surface area contributed by atoms with Crippen molar-refractivity contribution in [2.24, 2.45) is 17.8 Å². The van der Waals surface area contributed by atoms with Gasteiger partial charge in [0, 0.05) is 25.7 Å². The van der Waals surface area contributed by atoms with E-state index >= 15 is 0 Å². The normalized spacial score (nSPS) is 14.1. The van der Waals surface area contributed by atoms with Crippen LogP contribution in [0.4, 0.5) is 0 Å². The van der Waals surface area contributed by atoms with E-state index < -0.39 is 97.5 Å². The predicted octanol–water partition coefficient (Wildman–Crippen LogP) is 27.6. The summed E-state index contributed by atoms with van der Waals surface area (Å²) in [5, 5.41) is 10.7. The van der Waals surface area contributed by atoms with Gasteiger partial charge < -0.3 is 33.8 Å². The lowest BCUT2D eigenvalue weighted by Crippen LogP contribution is -2.30. The van der Waals surface area contributed by atoms with Crippen molar-refractivity contribution in [3.63, 3.8) is 0 Å². The van der Waals surface area contributed by atoms with Crippen molar-refractivity contribution < 1.29 is 80.2 Å². The average molecular weight is 1590 g/mol. The minimum atomic E-state index is -4.97. The lowest BCUT2D eigenvalue weighted by Gasteiger charge is -2.21. The van der Waals surface area contributed by atoms with E-state index in [4.69, 9.17) is 37.0 Å². The molecule has 0 aromatic heterocycles. The molecular formula is C90H176O17P2. The van der Waals surface area contributed by atoms with Crippen molar-refractivity contribution >= 4 is 39.5 Å². The Morgan fingerprint density at radius 1 is 0.266 bits per heavy atom. The van der Waals surface area contributed by atoms with Gasteiger partial charge in [-0.1, -0.05) is 427 Å². The molecule has 0 fully saturated rings. The summed E-state index contributed by atoms with van der Waals surface area (Å²) in [6, 6.07) is 0. The number of phosphoric ester groups is 2. The van der Waals surface area contributed by atoms with Crippen molar-refractivity contribution in [3.8, 4) is 0 Å². The summed E-state index contributed by atoms with van der Waals surface area (Å²) < 4.78 is 69.0.